The molecule has 0 amide bonds. The molecule has 0 aliphatic heterocycles. The third-order valence-electron chi connectivity index (χ3n) is 3.28. The van der Waals surface area contributed by atoms with E-state index >= 15 is 0 Å². The van der Waals surface area contributed by atoms with Crippen molar-refractivity contribution in [3.05, 3.63) is 28.5 Å². The fraction of sp³-hybridized carbons (Fsp3) is 0.615. The van der Waals surface area contributed by atoms with Crippen LogP contribution < -0.4 is 5.32 Å². The van der Waals surface area contributed by atoms with Crippen LogP contribution >= 0.6 is 15.9 Å². The molecule has 1 aliphatic rings. The van der Waals surface area contributed by atoms with Crippen molar-refractivity contribution in [3.63, 3.8) is 0 Å². The van der Waals surface area contributed by atoms with E-state index in [1.807, 2.05) is 12.1 Å². The normalized spacial score (nSPS) is 16.8. The summed E-state index contributed by atoms with van der Waals surface area (Å²) in [6, 6.07) is 6.06. The summed E-state index contributed by atoms with van der Waals surface area (Å²) >= 11 is 3.39. The Labute approximate surface area is 106 Å². The monoisotopic (exact) mass is 282 g/mol. The average molecular weight is 283 g/mol. The minimum absolute atomic E-state index is 0.881. The van der Waals surface area contributed by atoms with Gasteiger partial charge in [0.25, 0.3) is 0 Å². The average Bonchev–Trinajstić information content (AvgIpc) is 2.77. The van der Waals surface area contributed by atoms with Gasteiger partial charge in [0.2, 0.25) is 0 Å². The van der Waals surface area contributed by atoms with Crippen LogP contribution in [-0.4, -0.2) is 11.5 Å². The van der Waals surface area contributed by atoms with Gasteiger partial charge in [0.1, 0.15) is 4.60 Å². The van der Waals surface area contributed by atoms with Gasteiger partial charge >= 0.3 is 0 Å². The molecule has 0 unspecified atom stereocenters. The zero-order valence-electron chi connectivity index (χ0n) is 9.58. The lowest BCUT2D eigenvalue weighted by atomic mass is 10.0. The van der Waals surface area contributed by atoms with Crippen molar-refractivity contribution in [3.8, 4) is 0 Å². The number of nitrogens with zero attached hydrogens (tertiary/aromatic N) is 1. The molecule has 1 heterocycles. The molecule has 2 nitrogen and oxygen atoms in total. The van der Waals surface area contributed by atoms with Crippen molar-refractivity contribution in [2.24, 2.45) is 5.92 Å². The van der Waals surface area contributed by atoms with Crippen LogP contribution in [0.3, 0.4) is 0 Å². The van der Waals surface area contributed by atoms with Crippen LogP contribution in [-0.2, 0) is 6.54 Å². The Bertz CT molecular complexity index is 321. The molecule has 0 aromatic carbocycles. The number of aromatic nitrogens is 1. The number of rotatable bonds is 5. The molecule has 88 valence electrons. The molecular weight excluding hydrogens is 264 g/mol. The second-order valence-corrected chi connectivity index (χ2v) is 5.38. The molecule has 2 rings (SSSR count). The molecule has 1 saturated carbocycles. The van der Waals surface area contributed by atoms with Gasteiger partial charge in [-0.1, -0.05) is 31.7 Å². The Balaban J connectivity index is 1.64. The van der Waals surface area contributed by atoms with E-state index in [4.69, 9.17) is 0 Å². The van der Waals surface area contributed by atoms with Crippen molar-refractivity contribution in [1.82, 2.24) is 10.3 Å². The topological polar surface area (TPSA) is 24.9 Å². The fourth-order valence-corrected chi connectivity index (χ4v) is 2.75. The van der Waals surface area contributed by atoms with E-state index in [-0.39, 0.29) is 0 Å². The highest BCUT2D eigenvalue weighted by molar-refractivity contribution is 9.10. The predicted molar refractivity (Wildman–Crippen MR) is 70.2 cm³/mol. The summed E-state index contributed by atoms with van der Waals surface area (Å²) in [6.45, 7) is 2.00. The summed E-state index contributed by atoms with van der Waals surface area (Å²) < 4.78 is 0.919. The molecule has 0 radical (unpaired) electrons. The standard InChI is InChI=1S/C13H19BrN2/c14-13-7-3-6-12(16-13)10-15-9-8-11-4-1-2-5-11/h3,6-7,11,15H,1-2,4-5,8-10H2. The van der Waals surface area contributed by atoms with E-state index < -0.39 is 0 Å². The van der Waals surface area contributed by atoms with Crippen LogP contribution in [0.15, 0.2) is 22.8 Å². The van der Waals surface area contributed by atoms with Gasteiger partial charge in [-0.3, -0.25) is 0 Å². The molecule has 1 aromatic rings. The number of pyridine rings is 1. The van der Waals surface area contributed by atoms with Crippen molar-refractivity contribution in [1.29, 1.82) is 0 Å². The van der Waals surface area contributed by atoms with Crippen molar-refractivity contribution in [2.75, 3.05) is 6.54 Å². The first-order valence-corrected chi connectivity index (χ1v) is 6.96. The van der Waals surface area contributed by atoms with Crippen LogP contribution in [0.25, 0.3) is 0 Å². The van der Waals surface area contributed by atoms with E-state index in [2.05, 4.69) is 32.3 Å². The zero-order valence-corrected chi connectivity index (χ0v) is 11.2. The summed E-state index contributed by atoms with van der Waals surface area (Å²) in [7, 11) is 0. The van der Waals surface area contributed by atoms with Crippen LogP contribution in [0.2, 0.25) is 0 Å². The molecule has 0 saturated heterocycles. The van der Waals surface area contributed by atoms with E-state index in [1.54, 1.807) is 0 Å². The summed E-state index contributed by atoms with van der Waals surface area (Å²) in [6.07, 6.45) is 7.09. The van der Waals surface area contributed by atoms with E-state index in [0.29, 0.717) is 0 Å². The number of nitrogens with one attached hydrogen (secondary N) is 1. The van der Waals surface area contributed by atoms with Gasteiger partial charge in [0.15, 0.2) is 0 Å². The van der Waals surface area contributed by atoms with Gasteiger partial charge in [-0.25, -0.2) is 4.98 Å². The van der Waals surface area contributed by atoms with Crippen molar-refractivity contribution < 1.29 is 0 Å². The highest BCUT2D eigenvalue weighted by Crippen LogP contribution is 2.26. The Hall–Kier alpha value is -0.410. The number of hydrogen-bond donors (Lipinski definition) is 1. The third kappa shape index (κ3) is 3.87. The maximum Gasteiger partial charge on any atom is 0.106 e. The highest BCUT2D eigenvalue weighted by Gasteiger charge is 2.13. The first kappa shape index (κ1) is 12.1. The molecule has 1 aromatic heterocycles. The number of hydrogen-bond acceptors (Lipinski definition) is 2. The second-order valence-electron chi connectivity index (χ2n) is 4.57. The Morgan fingerprint density at radius 3 is 2.88 bits per heavy atom. The predicted octanol–water partition coefficient (Wildman–Crippen LogP) is 3.51. The Kier molecular flexibility index (Phi) is 4.79. The Morgan fingerprint density at radius 1 is 1.31 bits per heavy atom. The van der Waals surface area contributed by atoms with Crippen LogP contribution in [0.1, 0.15) is 37.8 Å². The first-order valence-electron chi connectivity index (χ1n) is 6.17. The molecule has 1 fully saturated rings. The minimum atomic E-state index is 0.881. The van der Waals surface area contributed by atoms with E-state index in [9.17, 15) is 0 Å². The maximum absolute atomic E-state index is 4.40. The SMILES string of the molecule is Brc1cccc(CNCCC2CCCC2)n1. The van der Waals surface area contributed by atoms with Crippen molar-refractivity contribution in [2.45, 2.75) is 38.6 Å². The second kappa shape index (κ2) is 6.36. The molecule has 0 bridgehead atoms. The van der Waals surface area contributed by atoms with E-state index in [1.165, 1.54) is 32.1 Å². The van der Waals surface area contributed by atoms with Gasteiger partial charge in [0.05, 0.1) is 5.69 Å². The van der Waals surface area contributed by atoms with Crippen LogP contribution in [0.4, 0.5) is 0 Å². The summed E-state index contributed by atoms with van der Waals surface area (Å²) in [5, 5.41) is 3.47. The lowest BCUT2D eigenvalue weighted by Crippen LogP contribution is -2.17. The van der Waals surface area contributed by atoms with E-state index in [0.717, 1.165) is 29.3 Å². The molecule has 1 aliphatic carbocycles. The van der Waals surface area contributed by atoms with Gasteiger partial charge in [0, 0.05) is 6.54 Å². The first-order chi connectivity index (χ1) is 7.84. The lowest BCUT2D eigenvalue weighted by molar-refractivity contribution is 0.476. The molecule has 1 N–H and O–H groups in total. The summed E-state index contributed by atoms with van der Waals surface area (Å²) in [5.41, 5.74) is 1.11. The van der Waals surface area contributed by atoms with Crippen LogP contribution in [0.5, 0.6) is 0 Å². The van der Waals surface area contributed by atoms with Gasteiger partial charge in [-0.05, 0) is 46.9 Å². The maximum atomic E-state index is 4.40. The minimum Gasteiger partial charge on any atom is -0.311 e. The molecule has 16 heavy (non-hydrogen) atoms. The van der Waals surface area contributed by atoms with Gasteiger partial charge in [-0.15, -0.1) is 0 Å². The zero-order chi connectivity index (χ0) is 11.2. The fourth-order valence-electron chi connectivity index (χ4n) is 2.37. The molecule has 0 spiro atoms. The summed E-state index contributed by atoms with van der Waals surface area (Å²) in [4.78, 5) is 4.40. The quantitative estimate of drug-likeness (QED) is 0.660. The van der Waals surface area contributed by atoms with Gasteiger partial charge in [-0.2, -0.15) is 0 Å². The lowest BCUT2D eigenvalue weighted by Gasteiger charge is -2.09. The molecular formula is C13H19BrN2. The third-order valence-corrected chi connectivity index (χ3v) is 3.72. The Morgan fingerprint density at radius 2 is 2.12 bits per heavy atom. The number of halogens is 1. The van der Waals surface area contributed by atoms with Crippen molar-refractivity contribution >= 4 is 15.9 Å². The van der Waals surface area contributed by atoms with Crippen LogP contribution in [0, 0.1) is 5.92 Å². The largest absolute Gasteiger partial charge is 0.311 e. The molecule has 3 heteroatoms. The summed E-state index contributed by atoms with van der Waals surface area (Å²) in [5.74, 6) is 0.975. The smallest absolute Gasteiger partial charge is 0.106 e. The highest BCUT2D eigenvalue weighted by atomic mass is 79.9. The molecule has 0 atom stereocenters. The van der Waals surface area contributed by atoms with Gasteiger partial charge < -0.3 is 5.32 Å².